The lowest BCUT2D eigenvalue weighted by atomic mass is 9.86. The van der Waals surface area contributed by atoms with Gasteiger partial charge in [0.05, 0.1) is 18.0 Å². The largest absolute Gasteiger partial charge is 0.469 e. The molecule has 1 saturated heterocycles. The molecule has 0 aliphatic carbocycles. The number of nitrogens with zero attached hydrogens (tertiary/aromatic N) is 2. The standard InChI is InChI=1S/C20H22N2O4S/c1-26-20(23)19(15-9-3-2-4-10-15)17-12-7-8-14-21(17)27-18-13-6-5-11-16(18)22(24)25/h2-6,9-11,13,17,19H,7-8,12,14H2,1H3/t17-,19-/m1/s1/i1-1. The molecule has 3 rings (SSSR count). The van der Waals surface area contributed by atoms with E-state index in [0.29, 0.717) is 4.90 Å². The van der Waals surface area contributed by atoms with Crippen LogP contribution in [0, 0.1) is 10.1 Å². The van der Waals surface area contributed by atoms with Gasteiger partial charge in [0.15, 0.2) is 0 Å². The Morgan fingerprint density at radius 1 is 1.19 bits per heavy atom. The zero-order valence-electron chi connectivity index (χ0n) is 15.1. The molecule has 1 fully saturated rings. The molecule has 0 aromatic heterocycles. The van der Waals surface area contributed by atoms with E-state index in [9.17, 15) is 14.9 Å². The highest BCUT2D eigenvalue weighted by atomic mass is 32.2. The summed E-state index contributed by atoms with van der Waals surface area (Å²) in [5.74, 6) is -0.701. The first-order valence-electron chi connectivity index (χ1n) is 8.92. The Morgan fingerprint density at radius 3 is 2.59 bits per heavy atom. The van der Waals surface area contributed by atoms with Crippen LogP contribution in [0.3, 0.4) is 0 Å². The van der Waals surface area contributed by atoms with Crippen molar-refractivity contribution in [3.05, 3.63) is 70.3 Å². The van der Waals surface area contributed by atoms with Gasteiger partial charge in [0, 0.05) is 18.7 Å². The number of nitro groups is 1. The number of piperidine rings is 1. The molecule has 6 nitrogen and oxygen atoms in total. The van der Waals surface area contributed by atoms with Gasteiger partial charge in [-0.05, 0) is 36.4 Å². The molecule has 2 aromatic carbocycles. The number of carbonyl (C=O) groups is 1. The summed E-state index contributed by atoms with van der Waals surface area (Å²) in [5.41, 5.74) is 0.991. The van der Waals surface area contributed by atoms with Crippen molar-refractivity contribution in [3.63, 3.8) is 0 Å². The molecule has 2 aromatic rings. The summed E-state index contributed by atoms with van der Waals surface area (Å²) in [6, 6.07) is 16.2. The SMILES string of the molecule is [11CH3]OC(=O)[C@H](c1ccccc1)[C@H]1CCCCN1Sc1ccccc1[N+](=O)[O-]. The molecule has 0 bridgehead atoms. The number of nitro benzene ring substituents is 1. The summed E-state index contributed by atoms with van der Waals surface area (Å²) in [7, 11) is 1.40. The number of hydrogen-bond acceptors (Lipinski definition) is 6. The predicted molar refractivity (Wildman–Crippen MR) is 104 cm³/mol. The smallest absolute Gasteiger partial charge is 0.314 e. The van der Waals surface area contributed by atoms with Crippen molar-refractivity contribution in [2.24, 2.45) is 0 Å². The van der Waals surface area contributed by atoms with Crippen LogP contribution in [-0.4, -0.2) is 34.9 Å². The number of esters is 1. The van der Waals surface area contributed by atoms with Crippen molar-refractivity contribution in [1.82, 2.24) is 4.31 Å². The highest BCUT2D eigenvalue weighted by Gasteiger charge is 2.37. The van der Waals surface area contributed by atoms with Crippen molar-refractivity contribution >= 4 is 23.6 Å². The van der Waals surface area contributed by atoms with Crippen LogP contribution in [0.15, 0.2) is 59.5 Å². The monoisotopic (exact) mass is 385 g/mol. The quantitative estimate of drug-likeness (QED) is 0.317. The maximum absolute atomic E-state index is 12.6. The van der Waals surface area contributed by atoms with Gasteiger partial charge >= 0.3 is 5.97 Å². The van der Waals surface area contributed by atoms with E-state index in [0.717, 1.165) is 31.4 Å². The molecule has 0 spiro atoms. The minimum Gasteiger partial charge on any atom is -0.469 e. The second kappa shape index (κ2) is 9.01. The lowest BCUT2D eigenvalue weighted by Crippen LogP contribution is -2.42. The summed E-state index contributed by atoms with van der Waals surface area (Å²) < 4.78 is 7.21. The molecule has 0 radical (unpaired) electrons. The molecule has 0 saturated carbocycles. The first kappa shape index (κ1) is 19.4. The molecule has 0 unspecified atom stereocenters. The summed E-state index contributed by atoms with van der Waals surface area (Å²) >= 11 is 1.36. The number of para-hydroxylation sites is 1. The molecular weight excluding hydrogens is 363 g/mol. The van der Waals surface area contributed by atoms with Crippen LogP contribution in [0.5, 0.6) is 0 Å². The lowest BCUT2D eigenvalue weighted by Gasteiger charge is -2.38. The first-order chi connectivity index (χ1) is 13.1. The molecule has 1 aliphatic rings. The van der Waals surface area contributed by atoms with Gasteiger partial charge in [0.2, 0.25) is 0 Å². The summed E-state index contributed by atoms with van der Waals surface area (Å²) in [6.45, 7) is 0.766. The topological polar surface area (TPSA) is 72.7 Å². The van der Waals surface area contributed by atoms with Gasteiger partial charge in [-0.1, -0.05) is 48.9 Å². The molecule has 1 heterocycles. The Hall–Kier alpha value is -2.38. The minimum atomic E-state index is -0.424. The van der Waals surface area contributed by atoms with Crippen molar-refractivity contribution in [2.45, 2.75) is 36.1 Å². The van der Waals surface area contributed by atoms with E-state index in [1.54, 1.807) is 18.2 Å². The normalized spacial score (nSPS) is 18.6. The van der Waals surface area contributed by atoms with Crippen LogP contribution in [-0.2, 0) is 9.53 Å². The molecular formula is C20H22N2O4S. The van der Waals surface area contributed by atoms with E-state index < -0.39 is 5.92 Å². The Bertz CT molecular complexity index is 800. The third-order valence-electron chi connectivity index (χ3n) is 4.77. The van der Waals surface area contributed by atoms with Crippen molar-refractivity contribution in [3.8, 4) is 0 Å². The average molecular weight is 385 g/mol. The van der Waals surface area contributed by atoms with E-state index in [4.69, 9.17) is 4.74 Å². The summed E-state index contributed by atoms with van der Waals surface area (Å²) in [5, 5.41) is 11.4. The maximum atomic E-state index is 12.6. The van der Waals surface area contributed by atoms with Crippen molar-refractivity contribution in [2.75, 3.05) is 13.7 Å². The van der Waals surface area contributed by atoms with Gasteiger partial charge in [-0.15, -0.1) is 0 Å². The lowest BCUT2D eigenvalue weighted by molar-refractivity contribution is -0.387. The fourth-order valence-electron chi connectivity index (χ4n) is 3.49. The average Bonchev–Trinajstić information content (AvgIpc) is 2.70. The molecule has 1 aliphatic heterocycles. The van der Waals surface area contributed by atoms with Gasteiger partial charge in [-0.2, -0.15) is 0 Å². The summed E-state index contributed by atoms with van der Waals surface area (Å²) in [6.07, 6.45) is 2.84. The predicted octanol–water partition coefficient (Wildman–Crippen LogP) is 4.41. The van der Waals surface area contributed by atoms with Crippen LogP contribution >= 0.6 is 11.9 Å². The molecule has 2 atom stereocenters. The number of benzene rings is 2. The Kier molecular flexibility index (Phi) is 6.47. The molecule has 27 heavy (non-hydrogen) atoms. The van der Waals surface area contributed by atoms with E-state index >= 15 is 0 Å². The zero-order chi connectivity index (χ0) is 19.2. The number of hydrogen-bond donors (Lipinski definition) is 0. The second-order valence-corrected chi connectivity index (χ2v) is 7.52. The first-order valence-corrected chi connectivity index (χ1v) is 9.70. The van der Waals surface area contributed by atoms with E-state index in [1.165, 1.54) is 25.1 Å². The number of carbonyl (C=O) groups excluding carboxylic acids is 1. The fraction of sp³-hybridized carbons (Fsp3) is 0.350. The van der Waals surface area contributed by atoms with E-state index in [-0.39, 0.29) is 22.6 Å². The van der Waals surface area contributed by atoms with Gasteiger partial charge in [0.25, 0.3) is 5.69 Å². The summed E-state index contributed by atoms with van der Waals surface area (Å²) in [4.78, 5) is 24.2. The van der Waals surface area contributed by atoms with Crippen LogP contribution in [0.1, 0.15) is 30.7 Å². The number of ether oxygens (including phenoxy) is 1. The third kappa shape index (κ3) is 4.48. The van der Waals surface area contributed by atoms with Crippen LogP contribution in [0.4, 0.5) is 5.69 Å². The third-order valence-corrected chi connectivity index (χ3v) is 6.00. The minimum absolute atomic E-state index is 0.0844. The van der Waals surface area contributed by atoms with Gasteiger partial charge < -0.3 is 4.74 Å². The molecule has 0 amide bonds. The number of methoxy groups -OCH3 is 1. The Labute approximate surface area is 162 Å². The highest BCUT2D eigenvalue weighted by molar-refractivity contribution is 7.97. The Morgan fingerprint density at radius 2 is 1.89 bits per heavy atom. The van der Waals surface area contributed by atoms with Gasteiger partial charge in [0.1, 0.15) is 4.90 Å². The second-order valence-electron chi connectivity index (χ2n) is 6.43. The van der Waals surface area contributed by atoms with Crippen molar-refractivity contribution < 1.29 is 14.5 Å². The van der Waals surface area contributed by atoms with Crippen LogP contribution in [0.2, 0.25) is 0 Å². The van der Waals surface area contributed by atoms with E-state index in [2.05, 4.69) is 4.31 Å². The van der Waals surface area contributed by atoms with E-state index in [1.807, 2.05) is 30.3 Å². The fourth-order valence-corrected chi connectivity index (χ4v) is 4.70. The number of rotatable bonds is 6. The van der Waals surface area contributed by atoms with Crippen molar-refractivity contribution in [1.29, 1.82) is 0 Å². The zero-order valence-corrected chi connectivity index (χ0v) is 15.9. The highest BCUT2D eigenvalue weighted by Crippen LogP contribution is 2.40. The molecule has 142 valence electrons. The molecule has 7 heteroatoms. The Balaban J connectivity index is 1.92. The van der Waals surface area contributed by atoms with Crippen LogP contribution < -0.4 is 0 Å². The van der Waals surface area contributed by atoms with Gasteiger partial charge in [-0.25, -0.2) is 4.31 Å². The maximum Gasteiger partial charge on any atom is 0.314 e. The van der Waals surface area contributed by atoms with Crippen LogP contribution in [0.25, 0.3) is 0 Å². The van der Waals surface area contributed by atoms with Gasteiger partial charge in [-0.3, -0.25) is 14.9 Å². The molecule has 0 N–H and O–H groups in total.